The molecule has 0 saturated carbocycles. The topological polar surface area (TPSA) is 61.0 Å². The molecular formula is C18H23FN4O. The number of carbonyl (C=O) groups excluding carboxylic acids is 1. The number of amides is 1. The molecule has 2 aromatic rings. The third-order valence-corrected chi connectivity index (χ3v) is 4.62. The molecule has 3 rings (SSSR count). The van der Waals surface area contributed by atoms with Gasteiger partial charge >= 0.3 is 0 Å². The number of nitrogens with one attached hydrogen (secondary N) is 2. The first-order valence-corrected chi connectivity index (χ1v) is 8.25. The van der Waals surface area contributed by atoms with Crippen molar-refractivity contribution in [1.29, 1.82) is 0 Å². The molecule has 2 atom stereocenters. The van der Waals surface area contributed by atoms with Crippen LogP contribution in [0.4, 0.5) is 10.1 Å². The summed E-state index contributed by atoms with van der Waals surface area (Å²) in [5.74, 6) is 0.126. The van der Waals surface area contributed by atoms with Gasteiger partial charge in [-0.3, -0.25) is 14.8 Å². The fraction of sp³-hybridized carbons (Fsp3) is 0.444. The van der Waals surface area contributed by atoms with Gasteiger partial charge in [0.15, 0.2) is 0 Å². The van der Waals surface area contributed by atoms with Crippen LogP contribution in [0.3, 0.4) is 0 Å². The Morgan fingerprint density at radius 2 is 2.17 bits per heavy atom. The lowest BCUT2D eigenvalue weighted by molar-refractivity contribution is -0.117. The Kier molecular flexibility index (Phi) is 4.66. The minimum absolute atomic E-state index is 0.0570. The van der Waals surface area contributed by atoms with Gasteiger partial charge in [0.1, 0.15) is 5.82 Å². The molecule has 2 heterocycles. The Morgan fingerprint density at radius 1 is 1.42 bits per heavy atom. The standard InChI is InChI=1S/C18H23FN4O/c1-11-8-16(14-6-4-5-7-15(14)19)23(9-11)10-17(24)20-18-12(2)21-22-13(18)3/h4-7,11,16H,8-10H2,1-3H3,(H,20,24)(H,21,22)/t11-,16+/m0/s1. The van der Waals surface area contributed by atoms with Crippen molar-refractivity contribution in [3.05, 3.63) is 47.0 Å². The number of aryl methyl sites for hydroxylation is 2. The van der Waals surface area contributed by atoms with Crippen LogP contribution in [0.1, 0.15) is 36.3 Å². The summed E-state index contributed by atoms with van der Waals surface area (Å²) in [5.41, 5.74) is 3.00. The number of aromatic amines is 1. The molecule has 1 fully saturated rings. The molecule has 128 valence electrons. The molecule has 1 aromatic heterocycles. The van der Waals surface area contributed by atoms with Crippen molar-refractivity contribution in [3.63, 3.8) is 0 Å². The Morgan fingerprint density at radius 3 is 2.83 bits per heavy atom. The zero-order chi connectivity index (χ0) is 17.3. The number of nitrogens with zero attached hydrogens (tertiary/aromatic N) is 2. The van der Waals surface area contributed by atoms with Gasteiger partial charge in [-0.25, -0.2) is 4.39 Å². The molecule has 0 spiro atoms. The third-order valence-electron chi connectivity index (χ3n) is 4.62. The first kappa shape index (κ1) is 16.6. The van der Waals surface area contributed by atoms with Gasteiger partial charge in [-0.15, -0.1) is 0 Å². The van der Waals surface area contributed by atoms with E-state index in [2.05, 4.69) is 27.3 Å². The van der Waals surface area contributed by atoms with E-state index in [4.69, 9.17) is 0 Å². The van der Waals surface area contributed by atoms with Crippen LogP contribution in [0.25, 0.3) is 0 Å². The highest BCUT2D eigenvalue weighted by Crippen LogP contribution is 2.36. The van der Waals surface area contributed by atoms with E-state index in [1.165, 1.54) is 6.07 Å². The zero-order valence-corrected chi connectivity index (χ0v) is 14.3. The number of hydrogen-bond acceptors (Lipinski definition) is 3. The normalized spacial score (nSPS) is 21.2. The summed E-state index contributed by atoms with van der Waals surface area (Å²) in [6.07, 6.45) is 0.859. The molecule has 1 amide bonds. The van der Waals surface area contributed by atoms with E-state index in [9.17, 15) is 9.18 Å². The largest absolute Gasteiger partial charge is 0.322 e. The number of likely N-dealkylation sites (tertiary alicyclic amines) is 1. The SMILES string of the molecule is Cc1n[nH]c(C)c1NC(=O)CN1C[C@@H](C)C[C@@H]1c1ccccc1F. The van der Waals surface area contributed by atoms with Crippen LogP contribution >= 0.6 is 0 Å². The summed E-state index contributed by atoms with van der Waals surface area (Å²) >= 11 is 0. The summed E-state index contributed by atoms with van der Waals surface area (Å²) < 4.78 is 14.2. The third kappa shape index (κ3) is 3.33. The molecule has 0 bridgehead atoms. The molecule has 24 heavy (non-hydrogen) atoms. The Balaban J connectivity index is 1.73. The van der Waals surface area contributed by atoms with Crippen molar-refractivity contribution in [3.8, 4) is 0 Å². The summed E-state index contributed by atoms with van der Waals surface area (Å²) in [5, 5.41) is 9.86. The number of anilines is 1. The average Bonchev–Trinajstić information content (AvgIpc) is 3.04. The minimum Gasteiger partial charge on any atom is -0.322 e. The van der Waals surface area contributed by atoms with E-state index >= 15 is 0 Å². The lowest BCUT2D eigenvalue weighted by Crippen LogP contribution is -2.33. The maximum Gasteiger partial charge on any atom is 0.238 e. The summed E-state index contributed by atoms with van der Waals surface area (Å²) in [6, 6.07) is 6.78. The smallest absolute Gasteiger partial charge is 0.238 e. The second-order valence-corrected chi connectivity index (χ2v) is 6.66. The van der Waals surface area contributed by atoms with Crippen LogP contribution in [0.2, 0.25) is 0 Å². The zero-order valence-electron chi connectivity index (χ0n) is 14.3. The molecular weight excluding hydrogens is 307 g/mol. The highest BCUT2D eigenvalue weighted by molar-refractivity contribution is 5.93. The van der Waals surface area contributed by atoms with Gasteiger partial charge in [0.25, 0.3) is 0 Å². The van der Waals surface area contributed by atoms with E-state index in [-0.39, 0.29) is 24.3 Å². The van der Waals surface area contributed by atoms with Crippen molar-refractivity contribution < 1.29 is 9.18 Å². The number of halogens is 1. The second-order valence-electron chi connectivity index (χ2n) is 6.66. The fourth-order valence-corrected chi connectivity index (χ4v) is 3.47. The summed E-state index contributed by atoms with van der Waals surface area (Å²) in [7, 11) is 0. The van der Waals surface area contributed by atoms with E-state index in [0.29, 0.717) is 11.5 Å². The second kappa shape index (κ2) is 6.73. The number of hydrogen-bond donors (Lipinski definition) is 2. The van der Waals surface area contributed by atoms with Gasteiger partial charge < -0.3 is 5.32 Å². The minimum atomic E-state index is -0.205. The predicted octanol–water partition coefficient (Wildman–Crippen LogP) is 3.19. The number of carbonyl (C=O) groups is 1. The molecule has 1 aromatic carbocycles. The molecule has 2 N–H and O–H groups in total. The van der Waals surface area contributed by atoms with Gasteiger partial charge in [0.2, 0.25) is 5.91 Å². The molecule has 0 radical (unpaired) electrons. The molecule has 1 saturated heterocycles. The van der Waals surface area contributed by atoms with E-state index in [1.807, 2.05) is 26.0 Å². The number of aromatic nitrogens is 2. The highest BCUT2D eigenvalue weighted by atomic mass is 19.1. The highest BCUT2D eigenvalue weighted by Gasteiger charge is 2.33. The maximum atomic E-state index is 14.2. The van der Waals surface area contributed by atoms with Crippen molar-refractivity contribution in [2.75, 3.05) is 18.4 Å². The Hall–Kier alpha value is -2.21. The predicted molar refractivity (Wildman–Crippen MR) is 91.2 cm³/mol. The van der Waals surface area contributed by atoms with Crippen molar-refractivity contribution in [1.82, 2.24) is 15.1 Å². The van der Waals surface area contributed by atoms with Crippen molar-refractivity contribution >= 4 is 11.6 Å². The Bertz CT molecular complexity index is 723. The summed E-state index contributed by atoms with van der Waals surface area (Å²) in [6.45, 7) is 6.88. The first-order valence-electron chi connectivity index (χ1n) is 8.25. The van der Waals surface area contributed by atoms with Crippen LogP contribution in [-0.4, -0.2) is 34.1 Å². The van der Waals surface area contributed by atoms with Crippen LogP contribution in [0.15, 0.2) is 24.3 Å². The average molecular weight is 330 g/mol. The number of rotatable bonds is 4. The van der Waals surface area contributed by atoms with Gasteiger partial charge in [0.05, 0.1) is 23.6 Å². The van der Waals surface area contributed by atoms with E-state index < -0.39 is 0 Å². The van der Waals surface area contributed by atoms with Gasteiger partial charge in [-0.2, -0.15) is 5.10 Å². The lowest BCUT2D eigenvalue weighted by Gasteiger charge is -2.24. The molecule has 0 unspecified atom stereocenters. The monoisotopic (exact) mass is 330 g/mol. The van der Waals surface area contributed by atoms with Gasteiger partial charge in [0, 0.05) is 18.2 Å². The van der Waals surface area contributed by atoms with Crippen LogP contribution in [-0.2, 0) is 4.79 Å². The maximum absolute atomic E-state index is 14.2. The van der Waals surface area contributed by atoms with E-state index in [1.54, 1.807) is 6.07 Å². The number of benzene rings is 1. The van der Waals surface area contributed by atoms with Crippen molar-refractivity contribution in [2.24, 2.45) is 5.92 Å². The summed E-state index contributed by atoms with van der Waals surface area (Å²) in [4.78, 5) is 14.5. The lowest BCUT2D eigenvalue weighted by atomic mass is 10.0. The molecule has 5 nitrogen and oxygen atoms in total. The van der Waals surface area contributed by atoms with E-state index in [0.717, 1.165) is 30.0 Å². The van der Waals surface area contributed by atoms with Crippen molar-refractivity contribution in [2.45, 2.75) is 33.2 Å². The quantitative estimate of drug-likeness (QED) is 0.905. The fourth-order valence-electron chi connectivity index (χ4n) is 3.47. The van der Waals surface area contributed by atoms with Crippen LogP contribution in [0.5, 0.6) is 0 Å². The molecule has 1 aliphatic rings. The van der Waals surface area contributed by atoms with Crippen LogP contribution < -0.4 is 5.32 Å². The van der Waals surface area contributed by atoms with Gasteiger partial charge in [-0.1, -0.05) is 25.1 Å². The molecule has 0 aliphatic carbocycles. The first-order chi connectivity index (χ1) is 11.5. The van der Waals surface area contributed by atoms with Crippen LogP contribution in [0, 0.1) is 25.6 Å². The molecule has 1 aliphatic heterocycles. The Labute approximate surface area is 141 Å². The molecule has 6 heteroatoms. The van der Waals surface area contributed by atoms with Gasteiger partial charge in [-0.05, 0) is 32.3 Å². The number of H-pyrrole nitrogens is 1.